The Balaban J connectivity index is 1.45. The van der Waals surface area contributed by atoms with Gasteiger partial charge in [-0.2, -0.15) is 0 Å². The number of rotatable bonds is 8. The van der Waals surface area contributed by atoms with Crippen LogP contribution in [-0.2, 0) is 6.54 Å². The first-order valence-electron chi connectivity index (χ1n) is 7.36. The van der Waals surface area contributed by atoms with Crippen molar-refractivity contribution in [3.8, 4) is 0 Å². The molecule has 0 aromatic carbocycles. The van der Waals surface area contributed by atoms with E-state index in [1.807, 2.05) is 17.4 Å². The van der Waals surface area contributed by atoms with Crippen LogP contribution in [0.15, 0.2) is 40.3 Å². The average Bonchev–Trinajstić information content (AvgIpc) is 2.94. The van der Waals surface area contributed by atoms with Crippen molar-refractivity contribution in [2.24, 2.45) is 0 Å². The van der Waals surface area contributed by atoms with Crippen molar-refractivity contribution in [1.29, 1.82) is 0 Å². The van der Waals surface area contributed by atoms with Crippen molar-refractivity contribution in [3.05, 3.63) is 46.5 Å². The summed E-state index contributed by atoms with van der Waals surface area (Å²) < 4.78 is 5.47. The molecule has 1 aliphatic carbocycles. The molecule has 0 amide bonds. The quantitative estimate of drug-likeness (QED) is 0.804. The minimum atomic E-state index is 0.444. The Morgan fingerprint density at radius 3 is 2.95 bits per heavy atom. The monoisotopic (exact) mass is 290 g/mol. The normalized spacial score (nSPS) is 16.7. The number of thiophene rings is 1. The molecule has 1 unspecified atom stereocenters. The van der Waals surface area contributed by atoms with Crippen LogP contribution in [0.25, 0.3) is 0 Å². The molecule has 20 heavy (non-hydrogen) atoms. The summed E-state index contributed by atoms with van der Waals surface area (Å²) in [6.45, 7) is 5.28. The molecule has 0 radical (unpaired) electrons. The molecule has 4 heteroatoms. The maximum atomic E-state index is 5.47. The fourth-order valence-corrected chi connectivity index (χ4v) is 3.25. The summed E-state index contributed by atoms with van der Waals surface area (Å²) in [5, 5.41) is 5.76. The molecule has 0 bridgehead atoms. The maximum Gasteiger partial charge on any atom is 0.117 e. The average molecular weight is 290 g/mol. The Hall–Kier alpha value is -1.10. The smallest absolute Gasteiger partial charge is 0.117 e. The number of furan rings is 1. The highest BCUT2D eigenvalue weighted by molar-refractivity contribution is 7.10. The van der Waals surface area contributed by atoms with Crippen LogP contribution in [0.3, 0.4) is 0 Å². The van der Waals surface area contributed by atoms with Gasteiger partial charge in [-0.3, -0.25) is 4.90 Å². The van der Waals surface area contributed by atoms with Gasteiger partial charge in [-0.25, -0.2) is 0 Å². The van der Waals surface area contributed by atoms with Gasteiger partial charge in [0.05, 0.1) is 12.8 Å². The molecule has 1 saturated carbocycles. The molecule has 1 fully saturated rings. The van der Waals surface area contributed by atoms with E-state index in [4.69, 9.17) is 4.42 Å². The van der Waals surface area contributed by atoms with Crippen LogP contribution in [0.2, 0.25) is 0 Å². The van der Waals surface area contributed by atoms with E-state index in [2.05, 4.69) is 40.7 Å². The topological polar surface area (TPSA) is 28.4 Å². The van der Waals surface area contributed by atoms with Gasteiger partial charge in [0.25, 0.3) is 0 Å². The van der Waals surface area contributed by atoms with Crippen LogP contribution in [0, 0.1) is 0 Å². The summed E-state index contributed by atoms with van der Waals surface area (Å²) in [4.78, 5) is 3.95. The van der Waals surface area contributed by atoms with Gasteiger partial charge < -0.3 is 9.73 Å². The standard InChI is InChI=1S/C16H22N2OS/c1-13(16-5-3-11-20-16)17-8-9-18(14-6-7-14)12-15-4-2-10-19-15/h2-5,10-11,13-14,17H,6-9,12H2,1H3. The van der Waals surface area contributed by atoms with Crippen LogP contribution >= 0.6 is 11.3 Å². The van der Waals surface area contributed by atoms with E-state index >= 15 is 0 Å². The molecule has 1 aliphatic rings. The Labute approximate surface area is 124 Å². The summed E-state index contributed by atoms with van der Waals surface area (Å²) in [5.41, 5.74) is 0. The molecule has 0 saturated heterocycles. The summed E-state index contributed by atoms with van der Waals surface area (Å²) in [5.74, 6) is 1.07. The Kier molecular flexibility index (Phi) is 4.55. The molecule has 0 spiro atoms. The van der Waals surface area contributed by atoms with E-state index in [1.165, 1.54) is 17.7 Å². The zero-order valence-electron chi connectivity index (χ0n) is 11.9. The minimum absolute atomic E-state index is 0.444. The first kappa shape index (κ1) is 13.9. The zero-order valence-corrected chi connectivity index (χ0v) is 12.7. The van der Waals surface area contributed by atoms with E-state index in [1.54, 1.807) is 6.26 Å². The first-order chi connectivity index (χ1) is 9.83. The van der Waals surface area contributed by atoms with Gasteiger partial charge in [-0.1, -0.05) is 6.07 Å². The van der Waals surface area contributed by atoms with Gasteiger partial charge in [0.2, 0.25) is 0 Å². The number of nitrogens with zero attached hydrogens (tertiary/aromatic N) is 1. The van der Waals surface area contributed by atoms with Crippen LogP contribution in [0.4, 0.5) is 0 Å². The molecular weight excluding hydrogens is 268 g/mol. The fraction of sp³-hybridized carbons (Fsp3) is 0.500. The molecule has 2 aromatic heterocycles. The van der Waals surface area contributed by atoms with Crippen LogP contribution in [0.5, 0.6) is 0 Å². The van der Waals surface area contributed by atoms with Crippen molar-refractivity contribution in [3.63, 3.8) is 0 Å². The third kappa shape index (κ3) is 3.72. The summed E-state index contributed by atoms with van der Waals surface area (Å²) in [7, 11) is 0. The highest BCUT2D eigenvalue weighted by Crippen LogP contribution is 2.28. The van der Waals surface area contributed by atoms with Gasteiger partial charge in [-0.15, -0.1) is 11.3 Å². The Morgan fingerprint density at radius 2 is 2.30 bits per heavy atom. The maximum absolute atomic E-state index is 5.47. The third-order valence-corrected chi connectivity index (χ3v) is 4.88. The van der Waals surface area contributed by atoms with E-state index in [9.17, 15) is 0 Å². The van der Waals surface area contributed by atoms with Gasteiger partial charge in [-0.05, 0) is 43.3 Å². The second-order valence-corrected chi connectivity index (χ2v) is 6.45. The molecular formula is C16H22N2OS. The first-order valence-corrected chi connectivity index (χ1v) is 8.24. The number of nitrogens with one attached hydrogen (secondary N) is 1. The molecule has 2 aromatic rings. The van der Waals surface area contributed by atoms with Gasteiger partial charge >= 0.3 is 0 Å². The molecule has 0 aliphatic heterocycles. The predicted molar refractivity (Wildman–Crippen MR) is 82.9 cm³/mol. The minimum Gasteiger partial charge on any atom is -0.468 e. The van der Waals surface area contributed by atoms with E-state index in [0.29, 0.717) is 6.04 Å². The van der Waals surface area contributed by atoms with Gasteiger partial charge in [0.15, 0.2) is 0 Å². The van der Waals surface area contributed by atoms with Crippen molar-refractivity contribution in [2.75, 3.05) is 13.1 Å². The number of hydrogen-bond donors (Lipinski definition) is 1. The lowest BCUT2D eigenvalue weighted by molar-refractivity contribution is 0.231. The summed E-state index contributed by atoms with van der Waals surface area (Å²) in [6, 6.07) is 9.56. The van der Waals surface area contributed by atoms with Gasteiger partial charge in [0, 0.05) is 30.1 Å². The molecule has 3 nitrogen and oxygen atoms in total. The lowest BCUT2D eigenvalue weighted by Crippen LogP contribution is -2.34. The lowest BCUT2D eigenvalue weighted by atomic mass is 10.2. The van der Waals surface area contributed by atoms with Crippen LogP contribution in [0.1, 0.15) is 36.4 Å². The Morgan fingerprint density at radius 1 is 1.40 bits per heavy atom. The molecule has 3 rings (SSSR count). The van der Waals surface area contributed by atoms with Crippen LogP contribution < -0.4 is 5.32 Å². The van der Waals surface area contributed by atoms with Crippen molar-refractivity contribution >= 4 is 11.3 Å². The predicted octanol–water partition coefficient (Wildman–Crippen LogP) is 3.66. The zero-order chi connectivity index (χ0) is 13.8. The summed E-state index contributed by atoms with van der Waals surface area (Å²) >= 11 is 1.82. The molecule has 2 heterocycles. The van der Waals surface area contributed by atoms with E-state index in [-0.39, 0.29) is 0 Å². The molecule has 1 N–H and O–H groups in total. The Bertz CT molecular complexity index is 491. The number of hydrogen-bond acceptors (Lipinski definition) is 4. The second kappa shape index (κ2) is 6.57. The SMILES string of the molecule is CC(NCCN(Cc1ccco1)C1CC1)c1cccs1. The largest absolute Gasteiger partial charge is 0.468 e. The van der Waals surface area contributed by atoms with E-state index < -0.39 is 0 Å². The highest BCUT2D eigenvalue weighted by Gasteiger charge is 2.29. The van der Waals surface area contributed by atoms with Crippen molar-refractivity contribution in [1.82, 2.24) is 10.2 Å². The lowest BCUT2D eigenvalue weighted by Gasteiger charge is -2.22. The summed E-state index contributed by atoms with van der Waals surface area (Å²) in [6.07, 6.45) is 4.43. The van der Waals surface area contributed by atoms with E-state index in [0.717, 1.165) is 31.4 Å². The van der Waals surface area contributed by atoms with Crippen molar-refractivity contribution in [2.45, 2.75) is 38.4 Å². The molecule has 1 atom stereocenters. The van der Waals surface area contributed by atoms with Gasteiger partial charge in [0.1, 0.15) is 5.76 Å². The second-order valence-electron chi connectivity index (χ2n) is 5.47. The molecule has 108 valence electrons. The van der Waals surface area contributed by atoms with Crippen molar-refractivity contribution < 1.29 is 4.42 Å². The third-order valence-electron chi connectivity index (χ3n) is 3.82. The van der Waals surface area contributed by atoms with Crippen LogP contribution in [-0.4, -0.2) is 24.0 Å². The fourth-order valence-electron chi connectivity index (χ4n) is 2.50. The highest BCUT2D eigenvalue weighted by atomic mass is 32.1.